The van der Waals surface area contributed by atoms with Gasteiger partial charge in [0.1, 0.15) is 0 Å². The molecule has 0 unspecified atom stereocenters. The number of rotatable bonds is 10. The summed E-state index contributed by atoms with van der Waals surface area (Å²) in [5.74, 6) is 3.14. The molecule has 3 rings (SSSR count). The van der Waals surface area contributed by atoms with E-state index >= 15 is 0 Å². The number of fused-ring (bicyclic) bond motifs is 1. The summed E-state index contributed by atoms with van der Waals surface area (Å²) in [6, 6.07) is 6.28. The summed E-state index contributed by atoms with van der Waals surface area (Å²) in [4.78, 5) is 4.94. The number of guanidine groups is 1. The highest BCUT2D eigenvalue weighted by Crippen LogP contribution is 2.41. The van der Waals surface area contributed by atoms with Crippen LogP contribution < -0.4 is 20.1 Å². The summed E-state index contributed by atoms with van der Waals surface area (Å²) in [6.45, 7) is 12.0. The van der Waals surface area contributed by atoms with Crippen molar-refractivity contribution >= 4 is 5.96 Å². The summed E-state index contributed by atoms with van der Waals surface area (Å²) in [6.07, 6.45) is 2.97. The summed E-state index contributed by atoms with van der Waals surface area (Å²) in [5, 5.41) is 6.75. The van der Waals surface area contributed by atoms with E-state index in [1.54, 1.807) is 0 Å². The lowest BCUT2D eigenvalue weighted by Crippen LogP contribution is -2.42. The van der Waals surface area contributed by atoms with Gasteiger partial charge in [-0.3, -0.25) is 4.99 Å². The fourth-order valence-electron chi connectivity index (χ4n) is 3.76. The molecule has 1 fully saturated rings. The van der Waals surface area contributed by atoms with E-state index in [2.05, 4.69) is 43.5 Å². The first-order valence-electron chi connectivity index (χ1n) is 11.2. The first-order chi connectivity index (χ1) is 14.6. The Balaban J connectivity index is 1.63. The highest BCUT2D eigenvalue weighted by Gasteiger charge is 2.35. The third kappa shape index (κ3) is 6.25. The second-order valence-corrected chi connectivity index (χ2v) is 8.38. The van der Waals surface area contributed by atoms with Crippen LogP contribution >= 0.6 is 0 Å². The van der Waals surface area contributed by atoms with Crippen molar-refractivity contribution in [2.75, 3.05) is 52.9 Å². The Morgan fingerprint density at radius 1 is 1.13 bits per heavy atom. The lowest BCUT2D eigenvalue weighted by molar-refractivity contribution is 0.0530. The zero-order valence-electron chi connectivity index (χ0n) is 18.7. The minimum atomic E-state index is -0.0602. The van der Waals surface area contributed by atoms with E-state index in [1.165, 1.54) is 5.56 Å². The van der Waals surface area contributed by atoms with Gasteiger partial charge in [0.05, 0.1) is 13.2 Å². The fraction of sp³-hybridized carbons (Fsp3) is 0.696. The SMILES string of the molecule is CCNC(=NCC1(c2ccc3c(c2)OCO3)CCOCC1)NCCOCCC(C)C. The Kier molecular flexibility index (Phi) is 8.63. The third-order valence-corrected chi connectivity index (χ3v) is 5.70. The largest absolute Gasteiger partial charge is 0.454 e. The molecule has 2 N–H and O–H groups in total. The standard InChI is InChI=1S/C23H37N3O4/c1-4-24-22(25-10-14-27-11-7-18(2)3)26-16-23(8-12-28-13-9-23)19-5-6-20-21(15-19)30-17-29-20/h5-6,15,18H,4,7-14,16-17H2,1-3H3,(H2,24,25,26). The zero-order chi connectivity index (χ0) is 21.2. The minimum absolute atomic E-state index is 0.0602. The normalized spacial score (nSPS) is 17.9. The first-order valence-corrected chi connectivity index (χ1v) is 11.2. The Hall–Kier alpha value is -1.99. The molecule has 1 aromatic carbocycles. The van der Waals surface area contributed by atoms with Gasteiger partial charge in [-0.25, -0.2) is 0 Å². The molecule has 2 heterocycles. The minimum Gasteiger partial charge on any atom is -0.454 e. The Morgan fingerprint density at radius 2 is 1.93 bits per heavy atom. The van der Waals surface area contributed by atoms with Crippen molar-refractivity contribution in [1.82, 2.24) is 10.6 Å². The number of nitrogens with one attached hydrogen (secondary N) is 2. The van der Waals surface area contributed by atoms with Gasteiger partial charge in [-0.15, -0.1) is 0 Å². The fourth-order valence-corrected chi connectivity index (χ4v) is 3.76. The second kappa shape index (κ2) is 11.4. The Bertz CT molecular complexity index is 687. The number of nitrogens with zero attached hydrogens (tertiary/aromatic N) is 1. The van der Waals surface area contributed by atoms with Crippen LogP contribution in [0.5, 0.6) is 11.5 Å². The number of hydrogen-bond donors (Lipinski definition) is 2. The van der Waals surface area contributed by atoms with Gasteiger partial charge in [-0.2, -0.15) is 0 Å². The lowest BCUT2D eigenvalue weighted by Gasteiger charge is -2.36. The summed E-state index contributed by atoms with van der Waals surface area (Å²) in [5.41, 5.74) is 1.18. The molecular formula is C23H37N3O4. The van der Waals surface area contributed by atoms with Crippen LogP contribution in [-0.2, 0) is 14.9 Å². The molecular weight excluding hydrogens is 382 g/mol. The van der Waals surface area contributed by atoms with Crippen LogP contribution in [0.2, 0.25) is 0 Å². The molecule has 0 bridgehead atoms. The van der Waals surface area contributed by atoms with Crippen molar-refractivity contribution in [3.63, 3.8) is 0 Å². The topological polar surface area (TPSA) is 73.3 Å². The van der Waals surface area contributed by atoms with Gasteiger partial charge in [0.2, 0.25) is 6.79 Å². The number of hydrogen-bond acceptors (Lipinski definition) is 5. The highest BCUT2D eigenvalue weighted by molar-refractivity contribution is 5.79. The van der Waals surface area contributed by atoms with Crippen LogP contribution in [0.3, 0.4) is 0 Å². The average Bonchev–Trinajstić information content (AvgIpc) is 3.23. The van der Waals surface area contributed by atoms with Crippen molar-refractivity contribution < 1.29 is 18.9 Å². The number of ether oxygens (including phenoxy) is 4. The smallest absolute Gasteiger partial charge is 0.231 e. The van der Waals surface area contributed by atoms with Gasteiger partial charge in [0.25, 0.3) is 0 Å². The van der Waals surface area contributed by atoms with Crippen molar-refractivity contribution in [1.29, 1.82) is 0 Å². The number of aliphatic imine (C=N–C) groups is 1. The van der Waals surface area contributed by atoms with Crippen molar-refractivity contribution in [2.24, 2.45) is 10.9 Å². The van der Waals surface area contributed by atoms with E-state index < -0.39 is 0 Å². The maximum absolute atomic E-state index is 5.71. The van der Waals surface area contributed by atoms with Gasteiger partial charge in [-0.1, -0.05) is 19.9 Å². The molecule has 30 heavy (non-hydrogen) atoms. The zero-order valence-corrected chi connectivity index (χ0v) is 18.7. The molecule has 7 heteroatoms. The Morgan fingerprint density at radius 3 is 2.70 bits per heavy atom. The molecule has 0 amide bonds. The molecule has 0 aliphatic carbocycles. The van der Waals surface area contributed by atoms with E-state index in [0.717, 1.165) is 69.6 Å². The van der Waals surface area contributed by atoms with Crippen LogP contribution in [0.1, 0.15) is 45.6 Å². The van der Waals surface area contributed by atoms with Crippen LogP contribution in [0, 0.1) is 5.92 Å². The van der Waals surface area contributed by atoms with E-state index in [-0.39, 0.29) is 5.41 Å². The van der Waals surface area contributed by atoms with E-state index in [4.69, 9.17) is 23.9 Å². The maximum atomic E-state index is 5.71. The molecule has 0 saturated carbocycles. The molecule has 0 aromatic heterocycles. The van der Waals surface area contributed by atoms with Crippen LogP contribution in [-0.4, -0.2) is 58.8 Å². The second-order valence-electron chi connectivity index (χ2n) is 8.38. The molecule has 1 aromatic rings. The van der Waals surface area contributed by atoms with Crippen molar-refractivity contribution in [3.05, 3.63) is 23.8 Å². The van der Waals surface area contributed by atoms with Gasteiger partial charge in [-0.05, 0) is 49.8 Å². The monoisotopic (exact) mass is 419 g/mol. The lowest BCUT2D eigenvalue weighted by atomic mass is 9.74. The van der Waals surface area contributed by atoms with Crippen LogP contribution in [0.15, 0.2) is 23.2 Å². The summed E-state index contributed by atoms with van der Waals surface area (Å²) in [7, 11) is 0. The molecule has 0 atom stereocenters. The van der Waals surface area contributed by atoms with Crippen LogP contribution in [0.25, 0.3) is 0 Å². The average molecular weight is 420 g/mol. The van der Waals surface area contributed by atoms with Gasteiger partial charge >= 0.3 is 0 Å². The van der Waals surface area contributed by atoms with Gasteiger partial charge in [0, 0.05) is 38.3 Å². The molecule has 1 saturated heterocycles. The highest BCUT2D eigenvalue weighted by atomic mass is 16.7. The van der Waals surface area contributed by atoms with E-state index in [0.29, 0.717) is 25.9 Å². The Labute approximate surface area is 180 Å². The van der Waals surface area contributed by atoms with E-state index in [9.17, 15) is 0 Å². The molecule has 168 valence electrons. The molecule has 0 spiro atoms. The molecule has 2 aliphatic heterocycles. The summed E-state index contributed by atoms with van der Waals surface area (Å²) < 4.78 is 22.5. The quantitative estimate of drug-likeness (QED) is 0.345. The summed E-state index contributed by atoms with van der Waals surface area (Å²) >= 11 is 0. The predicted octanol–water partition coefficient (Wildman–Crippen LogP) is 3.08. The maximum Gasteiger partial charge on any atom is 0.231 e. The van der Waals surface area contributed by atoms with Gasteiger partial charge < -0.3 is 29.6 Å². The predicted molar refractivity (Wildman–Crippen MR) is 119 cm³/mol. The van der Waals surface area contributed by atoms with Crippen molar-refractivity contribution in [3.8, 4) is 11.5 Å². The molecule has 0 radical (unpaired) electrons. The van der Waals surface area contributed by atoms with Crippen molar-refractivity contribution in [2.45, 2.75) is 45.4 Å². The first kappa shape index (κ1) is 22.7. The third-order valence-electron chi connectivity index (χ3n) is 5.70. The molecule has 2 aliphatic rings. The van der Waals surface area contributed by atoms with E-state index in [1.807, 2.05) is 6.07 Å². The van der Waals surface area contributed by atoms with Gasteiger partial charge in [0.15, 0.2) is 17.5 Å². The van der Waals surface area contributed by atoms with Crippen LogP contribution in [0.4, 0.5) is 0 Å². The molecule has 7 nitrogen and oxygen atoms in total. The number of benzene rings is 1.